The van der Waals surface area contributed by atoms with Crippen LogP contribution in [0, 0.1) is 0 Å². The van der Waals surface area contributed by atoms with E-state index < -0.39 is 24.1 Å². The summed E-state index contributed by atoms with van der Waals surface area (Å²) in [4.78, 5) is 21.7. The van der Waals surface area contributed by atoms with Gasteiger partial charge in [0.05, 0.1) is 6.04 Å². The number of rotatable bonds is 5. The number of carboxylic acid groups (broad SMARTS) is 1. The van der Waals surface area contributed by atoms with Crippen molar-refractivity contribution in [3.63, 3.8) is 0 Å². The molecule has 0 saturated heterocycles. The first-order chi connectivity index (χ1) is 8.00. The lowest BCUT2D eigenvalue weighted by Crippen LogP contribution is -2.44. The maximum Gasteiger partial charge on any atom is 0.346 e. The number of hydrogen-bond donors (Lipinski definition) is 2. The summed E-state index contributed by atoms with van der Waals surface area (Å²) in [7, 11) is 0. The van der Waals surface area contributed by atoms with Crippen LogP contribution in [0.3, 0.4) is 0 Å². The van der Waals surface area contributed by atoms with E-state index in [2.05, 4.69) is 4.74 Å². The molecule has 2 atom stereocenters. The minimum absolute atomic E-state index is 0.338. The maximum atomic E-state index is 10.9. The smallest absolute Gasteiger partial charge is 0.346 e. The Labute approximate surface area is 99.2 Å². The molecule has 0 aliphatic rings. The number of nitrogens with two attached hydrogens (primary N) is 1. The van der Waals surface area contributed by atoms with E-state index >= 15 is 0 Å². The van der Waals surface area contributed by atoms with Gasteiger partial charge < -0.3 is 15.6 Å². The van der Waals surface area contributed by atoms with Gasteiger partial charge in [-0.05, 0) is 12.0 Å². The Morgan fingerprint density at radius 3 is 2.41 bits per heavy atom. The van der Waals surface area contributed by atoms with Crippen molar-refractivity contribution in [2.24, 2.45) is 5.73 Å². The molecular formula is C12H15NO4. The second-order valence-electron chi connectivity index (χ2n) is 3.72. The van der Waals surface area contributed by atoms with Gasteiger partial charge in [0, 0.05) is 6.92 Å². The van der Waals surface area contributed by atoms with Crippen LogP contribution in [0.5, 0.6) is 0 Å². The Kier molecular flexibility index (Phi) is 4.66. The molecule has 17 heavy (non-hydrogen) atoms. The topological polar surface area (TPSA) is 89.6 Å². The second-order valence-corrected chi connectivity index (χ2v) is 3.72. The monoisotopic (exact) mass is 237 g/mol. The van der Waals surface area contributed by atoms with Gasteiger partial charge in [-0.1, -0.05) is 30.3 Å². The van der Waals surface area contributed by atoms with Crippen LogP contribution in [-0.4, -0.2) is 29.2 Å². The van der Waals surface area contributed by atoms with Gasteiger partial charge in [0.25, 0.3) is 0 Å². The lowest BCUT2D eigenvalue weighted by Gasteiger charge is -2.19. The van der Waals surface area contributed by atoms with E-state index in [1.165, 1.54) is 0 Å². The molecule has 0 spiro atoms. The van der Waals surface area contributed by atoms with Crippen LogP contribution in [-0.2, 0) is 20.7 Å². The summed E-state index contributed by atoms with van der Waals surface area (Å²) in [6, 6.07) is 8.45. The standard InChI is InChI=1S/C12H15NO4/c1-8(14)17-11(12(15)16)10(13)7-9-5-3-2-4-6-9/h2-6,10-11H,7,13H2,1H3,(H,15,16)/t10-,11-/m0/s1. The predicted octanol–water partition coefficient (Wildman–Crippen LogP) is 0.573. The molecule has 92 valence electrons. The zero-order valence-corrected chi connectivity index (χ0v) is 9.50. The molecule has 0 saturated carbocycles. The van der Waals surface area contributed by atoms with E-state index in [1.807, 2.05) is 30.3 Å². The van der Waals surface area contributed by atoms with Crippen LogP contribution in [0.15, 0.2) is 30.3 Å². The third kappa shape index (κ3) is 4.24. The summed E-state index contributed by atoms with van der Waals surface area (Å²) in [5, 5.41) is 8.91. The lowest BCUT2D eigenvalue weighted by molar-refractivity contribution is -0.163. The number of ether oxygens (including phenoxy) is 1. The van der Waals surface area contributed by atoms with Crippen molar-refractivity contribution >= 4 is 11.9 Å². The van der Waals surface area contributed by atoms with Crippen LogP contribution in [0.4, 0.5) is 0 Å². The lowest BCUT2D eigenvalue weighted by atomic mass is 10.0. The summed E-state index contributed by atoms with van der Waals surface area (Å²) in [6.07, 6.45) is -0.974. The SMILES string of the molecule is CC(=O)O[C@H](C(=O)O)[C@@H](N)Cc1ccccc1. The molecule has 5 nitrogen and oxygen atoms in total. The molecule has 0 aromatic heterocycles. The highest BCUT2D eigenvalue weighted by Gasteiger charge is 2.28. The maximum absolute atomic E-state index is 10.9. The van der Waals surface area contributed by atoms with Gasteiger partial charge in [-0.2, -0.15) is 0 Å². The Balaban J connectivity index is 2.68. The zero-order valence-electron chi connectivity index (χ0n) is 9.50. The first-order valence-corrected chi connectivity index (χ1v) is 5.20. The Hall–Kier alpha value is -1.88. The summed E-state index contributed by atoms with van der Waals surface area (Å²) in [5.74, 6) is -1.88. The van der Waals surface area contributed by atoms with E-state index in [4.69, 9.17) is 10.8 Å². The Morgan fingerprint density at radius 2 is 1.94 bits per heavy atom. The van der Waals surface area contributed by atoms with Gasteiger partial charge >= 0.3 is 11.9 Å². The molecule has 1 rings (SSSR count). The molecular weight excluding hydrogens is 222 g/mol. The molecule has 0 fully saturated rings. The van der Waals surface area contributed by atoms with Crippen LogP contribution < -0.4 is 5.73 Å². The fraction of sp³-hybridized carbons (Fsp3) is 0.333. The quantitative estimate of drug-likeness (QED) is 0.731. The van der Waals surface area contributed by atoms with Crippen molar-refractivity contribution < 1.29 is 19.4 Å². The zero-order chi connectivity index (χ0) is 12.8. The van der Waals surface area contributed by atoms with Gasteiger partial charge in [-0.25, -0.2) is 4.79 Å². The molecule has 1 aromatic carbocycles. The predicted molar refractivity (Wildman–Crippen MR) is 61.3 cm³/mol. The molecule has 0 aliphatic carbocycles. The van der Waals surface area contributed by atoms with E-state index in [9.17, 15) is 9.59 Å². The average Bonchev–Trinajstić information content (AvgIpc) is 2.26. The largest absolute Gasteiger partial charge is 0.478 e. The van der Waals surface area contributed by atoms with Crippen molar-refractivity contribution in [1.82, 2.24) is 0 Å². The number of carboxylic acids is 1. The average molecular weight is 237 g/mol. The van der Waals surface area contributed by atoms with Gasteiger partial charge in [-0.3, -0.25) is 4.79 Å². The summed E-state index contributed by atoms with van der Waals surface area (Å²) >= 11 is 0. The molecule has 0 bridgehead atoms. The van der Waals surface area contributed by atoms with Gasteiger partial charge in [0.15, 0.2) is 0 Å². The van der Waals surface area contributed by atoms with Crippen LogP contribution in [0.25, 0.3) is 0 Å². The molecule has 0 heterocycles. The van der Waals surface area contributed by atoms with Crippen LogP contribution in [0.1, 0.15) is 12.5 Å². The third-order valence-corrected chi connectivity index (χ3v) is 2.24. The molecule has 5 heteroatoms. The molecule has 3 N–H and O–H groups in total. The van der Waals surface area contributed by atoms with E-state index in [0.29, 0.717) is 6.42 Å². The first-order valence-electron chi connectivity index (χ1n) is 5.20. The fourth-order valence-electron chi connectivity index (χ4n) is 1.49. The first kappa shape index (κ1) is 13.2. The molecule has 0 radical (unpaired) electrons. The summed E-state index contributed by atoms with van der Waals surface area (Å²) < 4.78 is 4.68. The van der Waals surface area contributed by atoms with Gasteiger partial charge in [0.2, 0.25) is 6.10 Å². The van der Waals surface area contributed by atoms with Crippen molar-refractivity contribution in [2.75, 3.05) is 0 Å². The third-order valence-electron chi connectivity index (χ3n) is 2.24. The number of hydrogen-bond acceptors (Lipinski definition) is 4. The van der Waals surface area contributed by atoms with Crippen molar-refractivity contribution in [1.29, 1.82) is 0 Å². The van der Waals surface area contributed by atoms with Crippen molar-refractivity contribution in [3.8, 4) is 0 Å². The minimum Gasteiger partial charge on any atom is -0.478 e. The Bertz CT molecular complexity index is 391. The number of benzene rings is 1. The normalized spacial score (nSPS) is 13.8. The van der Waals surface area contributed by atoms with Crippen LogP contribution in [0.2, 0.25) is 0 Å². The van der Waals surface area contributed by atoms with Crippen molar-refractivity contribution in [3.05, 3.63) is 35.9 Å². The Morgan fingerprint density at radius 1 is 1.35 bits per heavy atom. The van der Waals surface area contributed by atoms with E-state index in [0.717, 1.165) is 12.5 Å². The summed E-state index contributed by atoms with van der Waals surface area (Å²) in [6.45, 7) is 1.16. The van der Waals surface area contributed by atoms with Gasteiger partial charge in [0.1, 0.15) is 0 Å². The number of esters is 1. The molecule has 1 aromatic rings. The summed E-state index contributed by atoms with van der Waals surface area (Å²) in [5.41, 5.74) is 6.64. The highest BCUT2D eigenvalue weighted by atomic mass is 16.6. The van der Waals surface area contributed by atoms with Crippen LogP contribution >= 0.6 is 0 Å². The highest BCUT2D eigenvalue weighted by Crippen LogP contribution is 2.07. The second kappa shape index (κ2) is 6.00. The number of aliphatic carboxylic acids is 1. The van der Waals surface area contributed by atoms with E-state index in [-0.39, 0.29) is 0 Å². The van der Waals surface area contributed by atoms with E-state index in [1.54, 1.807) is 0 Å². The minimum atomic E-state index is -1.31. The highest BCUT2D eigenvalue weighted by molar-refractivity contribution is 5.77. The van der Waals surface area contributed by atoms with Crippen molar-refractivity contribution in [2.45, 2.75) is 25.5 Å². The number of carbonyl (C=O) groups excluding carboxylic acids is 1. The molecule has 0 unspecified atom stereocenters. The fourth-order valence-corrected chi connectivity index (χ4v) is 1.49. The number of carbonyl (C=O) groups is 2. The molecule has 0 aliphatic heterocycles. The molecule has 0 amide bonds. The van der Waals surface area contributed by atoms with Gasteiger partial charge in [-0.15, -0.1) is 0 Å².